The van der Waals surface area contributed by atoms with E-state index in [2.05, 4.69) is 11.4 Å². The quantitative estimate of drug-likeness (QED) is 0.921. The molecule has 0 spiro atoms. The van der Waals surface area contributed by atoms with Gasteiger partial charge in [0.1, 0.15) is 11.8 Å². The smallest absolute Gasteiger partial charge is 0.231 e. The van der Waals surface area contributed by atoms with E-state index in [0.717, 1.165) is 22.6 Å². The summed E-state index contributed by atoms with van der Waals surface area (Å²) in [6, 6.07) is 9.93. The lowest BCUT2D eigenvalue weighted by Gasteiger charge is -2.06. The third-order valence-electron chi connectivity index (χ3n) is 3.30. The van der Waals surface area contributed by atoms with Crippen LogP contribution in [0, 0.1) is 11.3 Å². The summed E-state index contributed by atoms with van der Waals surface area (Å²) in [4.78, 5) is 0. The molecule has 0 fully saturated rings. The van der Waals surface area contributed by atoms with Crippen LogP contribution in [0.5, 0.6) is 11.5 Å². The van der Waals surface area contributed by atoms with E-state index in [4.69, 9.17) is 14.7 Å². The monoisotopic (exact) mass is 269 g/mol. The van der Waals surface area contributed by atoms with Gasteiger partial charge in [0.05, 0.1) is 0 Å². The molecule has 5 nitrogen and oxygen atoms in total. The number of para-hydroxylation sites is 1. The average Bonchev–Trinajstić information content (AvgIpc) is 3.05. The van der Waals surface area contributed by atoms with Crippen LogP contribution < -0.4 is 14.8 Å². The lowest BCUT2D eigenvalue weighted by atomic mass is 10.2. The standard InChI is InChI=1S/C15H15N3O2/c1-18-9-11(5-13(18)6-16)7-17-8-12-3-2-4-14-15(12)20-10-19-14/h2-5,9,17H,7-8,10H2,1H3. The number of nitrogens with one attached hydrogen (secondary N) is 1. The van der Waals surface area contributed by atoms with E-state index in [0.29, 0.717) is 18.8 Å². The largest absolute Gasteiger partial charge is 0.454 e. The first-order valence-electron chi connectivity index (χ1n) is 6.41. The molecular weight excluding hydrogens is 254 g/mol. The molecule has 3 rings (SSSR count). The van der Waals surface area contributed by atoms with Crippen molar-refractivity contribution in [2.24, 2.45) is 7.05 Å². The van der Waals surface area contributed by atoms with E-state index in [1.807, 2.05) is 42.1 Å². The number of benzene rings is 1. The Morgan fingerprint density at radius 3 is 3.05 bits per heavy atom. The average molecular weight is 269 g/mol. The lowest BCUT2D eigenvalue weighted by Crippen LogP contribution is -2.12. The molecule has 1 aromatic carbocycles. The fourth-order valence-electron chi connectivity index (χ4n) is 2.31. The number of nitriles is 1. The van der Waals surface area contributed by atoms with Crippen molar-refractivity contribution in [3.8, 4) is 17.6 Å². The van der Waals surface area contributed by atoms with Crippen molar-refractivity contribution in [3.05, 3.63) is 47.3 Å². The highest BCUT2D eigenvalue weighted by molar-refractivity contribution is 5.48. The SMILES string of the molecule is Cn1cc(CNCc2cccc3c2OCO3)cc1C#N. The van der Waals surface area contributed by atoms with Gasteiger partial charge in [-0.1, -0.05) is 12.1 Å². The zero-order chi connectivity index (χ0) is 13.9. The Morgan fingerprint density at radius 2 is 2.25 bits per heavy atom. The molecule has 0 unspecified atom stereocenters. The zero-order valence-electron chi connectivity index (χ0n) is 11.2. The first-order chi connectivity index (χ1) is 9.78. The van der Waals surface area contributed by atoms with Crippen molar-refractivity contribution in [2.45, 2.75) is 13.1 Å². The van der Waals surface area contributed by atoms with Crippen molar-refractivity contribution in [2.75, 3.05) is 6.79 Å². The molecule has 20 heavy (non-hydrogen) atoms. The van der Waals surface area contributed by atoms with Crippen molar-refractivity contribution < 1.29 is 9.47 Å². The van der Waals surface area contributed by atoms with Crippen LogP contribution in [0.15, 0.2) is 30.5 Å². The molecule has 1 aliphatic heterocycles. The number of ether oxygens (including phenoxy) is 2. The van der Waals surface area contributed by atoms with Crippen LogP contribution >= 0.6 is 0 Å². The normalized spacial score (nSPS) is 12.4. The van der Waals surface area contributed by atoms with Crippen LogP contribution in [0.25, 0.3) is 0 Å². The zero-order valence-corrected chi connectivity index (χ0v) is 11.2. The van der Waals surface area contributed by atoms with Gasteiger partial charge in [-0.05, 0) is 17.7 Å². The van der Waals surface area contributed by atoms with Crippen LogP contribution in [0.1, 0.15) is 16.8 Å². The maximum Gasteiger partial charge on any atom is 0.231 e. The number of aromatic nitrogens is 1. The summed E-state index contributed by atoms with van der Waals surface area (Å²) < 4.78 is 12.6. The molecule has 0 radical (unpaired) electrons. The Balaban J connectivity index is 1.63. The van der Waals surface area contributed by atoms with Gasteiger partial charge in [0, 0.05) is 31.9 Å². The summed E-state index contributed by atoms with van der Waals surface area (Å²) in [5.41, 5.74) is 2.84. The molecule has 1 aromatic heterocycles. The third-order valence-corrected chi connectivity index (χ3v) is 3.30. The molecule has 5 heteroatoms. The molecular formula is C15H15N3O2. The summed E-state index contributed by atoms with van der Waals surface area (Å²) in [5.74, 6) is 1.63. The summed E-state index contributed by atoms with van der Waals surface area (Å²) in [6.45, 7) is 1.69. The van der Waals surface area contributed by atoms with Crippen molar-refractivity contribution in [3.63, 3.8) is 0 Å². The van der Waals surface area contributed by atoms with Crippen molar-refractivity contribution in [1.82, 2.24) is 9.88 Å². The number of rotatable bonds is 4. The molecule has 0 atom stereocenters. The highest BCUT2D eigenvalue weighted by Crippen LogP contribution is 2.35. The lowest BCUT2D eigenvalue weighted by molar-refractivity contribution is 0.173. The Labute approximate surface area is 117 Å². The summed E-state index contributed by atoms with van der Waals surface area (Å²) >= 11 is 0. The first kappa shape index (κ1) is 12.6. The van der Waals surface area contributed by atoms with Gasteiger partial charge in [-0.3, -0.25) is 0 Å². The second-order valence-corrected chi connectivity index (χ2v) is 4.71. The van der Waals surface area contributed by atoms with Crippen LogP contribution in [-0.4, -0.2) is 11.4 Å². The number of fused-ring (bicyclic) bond motifs is 1. The van der Waals surface area contributed by atoms with Crippen LogP contribution in [0.4, 0.5) is 0 Å². The van der Waals surface area contributed by atoms with Gasteiger partial charge in [0.15, 0.2) is 11.5 Å². The number of hydrogen-bond donors (Lipinski definition) is 1. The number of nitrogens with zero attached hydrogens (tertiary/aromatic N) is 2. The topological polar surface area (TPSA) is 59.2 Å². The van der Waals surface area contributed by atoms with Gasteiger partial charge in [-0.2, -0.15) is 5.26 Å². The Morgan fingerprint density at radius 1 is 1.35 bits per heavy atom. The minimum absolute atomic E-state index is 0.288. The van der Waals surface area contributed by atoms with Crippen molar-refractivity contribution >= 4 is 0 Å². The van der Waals surface area contributed by atoms with Gasteiger partial charge in [0.2, 0.25) is 6.79 Å². The van der Waals surface area contributed by atoms with E-state index < -0.39 is 0 Å². The molecule has 0 amide bonds. The molecule has 2 aromatic rings. The van der Waals surface area contributed by atoms with Gasteiger partial charge in [0.25, 0.3) is 0 Å². The highest BCUT2D eigenvalue weighted by atomic mass is 16.7. The fraction of sp³-hybridized carbons (Fsp3) is 0.267. The van der Waals surface area contributed by atoms with Gasteiger partial charge < -0.3 is 19.4 Å². The summed E-state index contributed by atoms with van der Waals surface area (Å²) in [6.07, 6.45) is 1.96. The Bertz CT molecular complexity index is 670. The second-order valence-electron chi connectivity index (χ2n) is 4.71. The van der Waals surface area contributed by atoms with Crippen molar-refractivity contribution in [1.29, 1.82) is 5.26 Å². The molecule has 1 N–H and O–H groups in total. The third kappa shape index (κ3) is 2.33. The van der Waals surface area contributed by atoms with E-state index in [-0.39, 0.29) is 6.79 Å². The van der Waals surface area contributed by atoms with Gasteiger partial charge in [-0.15, -0.1) is 0 Å². The second kappa shape index (κ2) is 5.27. The van der Waals surface area contributed by atoms with E-state index in [1.54, 1.807) is 0 Å². The van der Waals surface area contributed by atoms with Gasteiger partial charge in [-0.25, -0.2) is 0 Å². The van der Waals surface area contributed by atoms with Crippen LogP contribution in [-0.2, 0) is 20.1 Å². The molecule has 2 heterocycles. The molecule has 1 aliphatic rings. The van der Waals surface area contributed by atoms with Crippen LogP contribution in [0.2, 0.25) is 0 Å². The minimum atomic E-state index is 0.288. The first-order valence-corrected chi connectivity index (χ1v) is 6.41. The molecule has 0 bridgehead atoms. The fourth-order valence-corrected chi connectivity index (χ4v) is 2.31. The van der Waals surface area contributed by atoms with E-state index >= 15 is 0 Å². The van der Waals surface area contributed by atoms with E-state index in [1.165, 1.54) is 0 Å². The predicted octanol–water partition coefficient (Wildman–Crippen LogP) is 1.92. The highest BCUT2D eigenvalue weighted by Gasteiger charge is 2.16. The van der Waals surface area contributed by atoms with Crippen LogP contribution in [0.3, 0.4) is 0 Å². The maximum absolute atomic E-state index is 8.92. The minimum Gasteiger partial charge on any atom is -0.454 e. The van der Waals surface area contributed by atoms with Gasteiger partial charge >= 0.3 is 0 Å². The molecule has 102 valence electrons. The Hall–Kier alpha value is -2.45. The predicted molar refractivity (Wildman–Crippen MR) is 73.2 cm³/mol. The number of hydrogen-bond acceptors (Lipinski definition) is 4. The molecule has 0 aliphatic carbocycles. The summed E-state index contributed by atoms with van der Waals surface area (Å²) in [7, 11) is 1.87. The van der Waals surface area contributed by atoms with E-state index in [9.17, 15) is 0 Å². The maximum atomic E-state index is 8.92. The molecule has 0 saturated carbocycles. The molecule has 0 saturated heterocycles. The number of aryl methyl sites for hydroxylation is 1. The summed E-state index contributed by atoms with van der Waals surface area (Å²) in [5, 5.41) is 12.3. The Kier molecular flexibility index (Phi) is 3.32.